The summed E-state index contributed by atoms with van der Waals surface area (Å²) in [5.74, 6) is -1.43. The number of nitrogens with one attached hydrogen (secondary N) is 1. The first-order valence-corrected chi connectivity index (χ1v) is 6.69. The Morgan fingerprint density at radius 3 is 2.70 bits per heavy atom. The van der Waals surface area contributed by atoms with Crippen molar-refractivity contribution in [3.63, 3.8) is 0 Å². The smallest absolute Gasteiger partial charge is 0.332 e. The molecule has 0 saturated heterocycles. The SMILES string of the molecule is CCCC(CC(=O)NCCC(O)C(=O)O)n1ccnc1. The molecule has 7 heteroatoms. The van der Waals surface area contributed by atoms with E-state index in [1.165, 1.54) is 0 Å². The first-order chi connectivity index (χ1) is 9.54. The summed E-state index contributed by atoms with van der Waals surface area (Å²) >= 11 is 0. The van der Waals surface area contributed by atoms with Crippen LogP contribution in [0.4, 0.5) is 0 Å². The highest BCUT2D eigenvalue weighted by atomic mass is 16.4. The molecule has 2 unspecified atom stereocenters. The summed E-state index contributed by atoms with van der Waals surface area (Å²) in [5, 5.41) is 20.2. The van der Waals surface area contributed by atoms with Gasteiger partial charge in [-0.1, -0.05) is 13.3 Å². The summed E-state index contributed by atoms with van der Waals surface area (Å²) in [6.07, 6.45) is 5.87. The molecule has 0 radical (unpaired) electrons. The van der Waals surface area contributed by atoms with Crippen molar-refractivity contribution in [2.75, 3.05) is 6.54 Å². The summed E-state index contributed by atoms with van der Waals surface area (Å²) in [6.45, 7) is 2.19. The topological polar surface area (TPSA) is 104 Å². The van der Waals surface area contributed by atoms with Crippen LogP contribution in [-0.4, -0.2) is 44.3 Å². The number of aliphatic hydroxyl groups excluding tert-OH is 1. The van der Waals surface area contributed by atoms with Crippen LogP contribution in [0.5, 0.6) is 0 Å². The second-order valence-electron chi connectivity index (χ2n) is 4.65. The van der Waals surface area contributed by atoms with E-state index in [-0.39, 0.29) is 24.9 Å². The lowest BCUT2D eigenvalue weighted by atomic mass is 10.1. The molecule has 112 valence electrons. The summed E-state index contributed by atoms with van der Waals surface area (Å²) < 4.78 is 1.90. The number of imidazole rings is 1. The van der Waals surface area contributed by atoms with Gasteiger partial charge in [-0.05, 0) is 6.42 Å². The average molecular weight is 283 g/mol. The molecule has 2 atom stereocenters. The van der Waals surface area contributed by atoms with E-state index in [0.717, 1.165) is 12.8 Å². The zero-order chi connectivity index (χ0) is 15.0. The molecule has 0 aromatic carbocycles. The van der Waals surface area contributed by atoms with Gasteiger partial charge >= 0.3 is 5.97 Å². The van der Waals surface area contributed by atoms with E-state index < -0.39 is 12.1 Å². The molecule has 1 rings (SSSR count). The van der Waals surface area contributed by atoms with E-state index in [2.05, 4.69) is 10.3 Å². The number of nitrogens with zero attached hydrogens (tertiary/aromatic N) is 2. The monoisotopic (exact) mass is 283 g/mol. The first kappa shape index (κ1) is 16.2. The molecule has 0 aliphatic heterocycles. The van der Waals surface area contributed by atoms with Crippen molar-refractivity contribution in [2.24, 2.45) is 0 Å². The Bertz CT molecular complexity index is 419. The van der Waals surface area contributed by atoms with Gasteiger partial charge in [0.1, 0.15) is 0 Å². The third-order valence-corrected chi connectivity index (χ3v) is 3.01. The summed E-state index contributed by atoms with van der Waals surface area (Å²) in [6, 6.07) is 0.0481. The van der Waals surface area contributed by atoms with E-state index in [1.807, 2.05) is 17.7 Å². The van der Waals surface area contributed by atoms with Crippen LogP contribution in [0.3, 0.4) is 0 Å². The standard InChI is InChI=1S/C13H21N3O4/c1-2-3-10(16-7-6-14-9-16)8-12(18)15-5-4-11(17)13(19)20/h6-7,9-11,17H,2-5,8H2,1H3,(H,15,18)(H,19,20). The van der Waals surface area contributed by atoms with Crippen molar-refractivity contribution < 1.29 is 19.8 Å². The molecule has 1 amide bonds. The number of hydrogen-bond acceptors (Lipinski definition) is 4. The first-order valence-electron chi connectivity index (χ1n) is 6.69. The second-order valence-corrected chi connectivity index (χ2v) is 4.65. The number of carbonyl (C=O) groups excluding carboxylic acids is 1. The molecule has 0 bridgehead atoms. The van der Waals surface area contributed by atoms with Gasteiger partial charge in [0.15, 0.2) is 6.10 Å². The molecular formula is C13H21N3O4. The van der Waals surface area contributed by atoms with Crippen LogP contribution < -0.4 is 5.32 Å². The fraction of sp³-hybridized carbons (Fsp3) is 0.615. The predicted molar refractivity (Wildman–Crippen MR) is 72.1 cm³/mol. The molecule has 3 N–H and O–H groups in total. The number of rotatable bonds is 9. The van der Waals surface area contributed by atoms with Gasteiger partial charge in [-0.25, -0.2) is 9.78 Å². The van der Waals surface area contributed by atoms with Crippen LogP contribution in [0, 0.1) is 0 Å². The lowest BCUT2D eigenvalue weighted by molar-refractivity contribution is -0.147. The van der Waals surface area contributed by atoms with Gasteiger partial charge in [-0.2, -0.15) is 0 Å². The van der Waals surface area contributed by atoms with Crippen molar-refractivity contribution in [1.82, 2.24) is 14.9 Å². The maximum absolute atomic E-state index is 11.8. The quantitative estimate of drug-likeness (QED) is 0.614. The normalized spacial score (nSPS) is 13.7. The molecule has 0 fully saturated rings. The van der Waals surface area contributed by atoms with Crippen LogP contribution in [0.15, 0.2) is 18.7 Å². The van der Waals surface area contributed by atoms with Gasteiger partial charge in [-0.15, -0.1) is 0 Å². The van der Waals surface area contributed by atoms with E-state index in [0.29, 0.717) is 6.42 Å². The van der Waals surface area contributed by atoms with Crippen molar-refractivity contribution in [1.29, 1.82) is 0 Å². The Kier molecular flexibility index (Phi) is 6.72. The lowest BCUT2D eigenvalue weighted by Gasteiger charge is -2.17. The van der Waals surface area contributed by atoms with Crippen molar-refractivity contribution in [3.05, 3.63) is 18.7 Å². The molecule has 0 aliphatic carbocycles. The van der Waals surface area contributed by atoms with Gasteiger partial charge in [-0.3, -0.25) is 4.79 Å². The fourth-order valence-corrected chi connectivity index (χ4v) is 1.93. The van der Waals surface area contributed by atoms with E-state index in [4.69, 9.17) is 10.2 Å². The number of amides is 1. The highest BCUT2D eigenvalue weighted by Gasteiger charge is 2.16. The number of aliphatic hydroxyl groups is 1. The third kappa shape index (κ3) is 5.40. The number of aromatic nitrogens is 2. The average Bonchev–Trinajstić information content (AvgIpc) is 2.91. The van der Waals surface area contributed by atoms with E-state index >= 15 is 0 Å². The summed E-state index contributed by atoms with van der Waals surface area (Å²) in [5.41, 5.74) is 0. The fourth-order valence-electron chi connectivity index (χ4n) is 1.93. The molecular weight excluding hydrogens is 262 g/mol. The van der Waals surface area contributed by atoms with Gasteiger partial charge in [0.2, 0.25) is 5.91 Å². The Balaban J connectivity index is 2.37. The van der Waals surface area contributed by atoms with Crippen molar-refractivity contribution in [3.8, 4) is 0 Å². The number of aliphatic carboxylic acids is 1. The Hall–Kier alpha value is -1.89. The zero-order valence-corrected chi connectivity index (χ0v) is 11.5. The maximum Gasteiger partial charge on any atom is 0.332 e. The van der Waals surface area contributed by atoms with Crippen LogP contribution >= 0.6 is 0 Å². The van der Waals surface area contributed by atoms with Gasteiger partial charge in [0, 0.05) is 37.8 Å². The Morgan fingerprint density at radius 2 is 2.15 bits per heavy atom. The molecule has 1 aromatic rings. The van der Waals surface area contributed by atoms with E-state index in [1.54, 1.807) is 12.5 Å². The Morgan fingerprint density at radius 1 is 1.40 bits per heavy atom. The second kappa shape index (κ2) is 8.31. The maximum atomic E-state index is 11.8. The minimum atomic E-state index is -1.43. The van der Waals surface area contributed by atoms with Crippen LogP contribution in [0.2, 0.25) is 0 Å². The molecule has 7 nitrogen and oxygen atoms in total. The molecule has 0 spiro atoms. The van der Waals surface area contributed by atoms with Crippen molar-refractivity contribution in [2.45, 2.75) is 44.8 Å². The number of carbonyl (C=O) groups is 2. The van der Waals surface area contributed by atoms with E-state index in [9.17, 15) is 9.59 Å². The lowest BCUT2D eigenvalue weighted by Crippen LogP contribution is -2.31. The van der Waals surface area contributed by atoms with Crippen molar-refractivity contribution >= 4 is 11.9 Å². The molecule has 1 heterocycles. The molecule has 0 saturated carbocycles. The van der Waals surface area contributed by atoms with Gasteiger partial charge in [0.05, 0.1) is 6.33 Å². The molecule has 20 heavy (non-hydrogen) atoms. The number of carboxylic acid groups (broad SMARTS) is 1. The number of hydrogen-bond donors (Lipinski definition) is 3. The highest BCUT2D eigenvalue weighted by molar-refractivity contribution is 5.76. The minimum absolute atomic E-state index is 0.00456. The van der Waals surface area contributed by atoms with Gasteiger partial charge < -0.3 is 20.1 Å². The minimum Gasteiger partial charge on any atom is -0.479 e. The largest absolute Gasteiger partial charge is 0.479 e. The number of carboxylic acids is 1. The zero-order valence-electron chi connectivity index (χ0n) is 11.5. The third-order valence-electron chi connectivity index (χ3n) is 3.01. The molecule has 0 aliphatic rings. The van der Waals surface area contributed by atoms with Crippen LogP contribution in [-0.2, 0) is 9.59 Å². The van der Waals surface area contributed by atoms with Crippen LogP contribution in [0.25, 0.3) is 0 Å². The Labute approximate surface area is 117 Å². The summed E-state index contributed by atoms with van der Waals surface area (Å²) in [4.78, 5) is 26.2. The van der Waals surface area contributed by atoms with Crippen LogP contribution in [0.1, 0.15) is 38.6 Å². The summed E-state index contributed by atoms with van der Waals surface area (Å²) in [7, 11) is 0. The highest BCUT2D eigenvalue weighted by Crippen LogP contribution is 2.17. The molecule has 1 aromatic heterocycles. The van der Waals surface area contributed by atoms with Gasteiger partial charge in [0.25, 0.3) is 0 Å². The predicted octanol–water partition coefficient (Wildman–Crippen LogP) is 0.566.